The van der Waals surface area contributed by atoms with Crippen LogP contribution in [-0.4, -0.2) is 21.2 Å². The number of rotatable bonds is 6. The first-order valence-corrected chi connectivity index (χ1v) is 6.67. The molecular formula is C14H17FN4O2. The third-order valence-corrected chi connectivity index (χ3v) is 3.13. The number of halogens is 1. The summed E-state index contributed by atoms with van der Waals surface area (Å²) in [6, 6.07) is 6.03. The number of para-hydroxylation sites is 1. The molecule has 0 saturated heterocycles. The minimum Gasteiger partial charge on any atom is -0.379 e. The molecule has 0 spiro atoms. The van der Waals surface area contributed by atoms with Gasteiger partial charge in [-0.1, -0.05) is 6.07 Å². The van der Waals surface area contributed by atoms with E-state index in [1.165, 1.54) is 12.1 Å². The number of nitrogens with one attached hydrogen (secondary N) is 1. The lowest BCUT2D eigenvalue weighted by molar-refractivity contribution is -0.386. The van der Waals surface area contributed by atoms with E-state index in [9.17, 15) is 14.5 Å². The largest absolute Gasteiger partial charge is 0.379 e. The molecule has 112 valence electrons. The van der Waals surface area contributed by atoms with Crippen molar-refractivity contribution in [3.05, 3.63) is 51.6 Å². The Hall–Kier alpha value is -2.44. The molecule has 2 aromatic rings. The van der Waals surface area contributed by atoms with E-state index in [-0.39, 0.29) is 5.69 Å². The second kappa shape index (κ2) is 6.34. The fourth-order valence-electron chi connectivity index (χ4n) is 2.20. The Morgan fingerprint density at radius 1 is 1.43 bits per heavy atom. The third-order valence-electron chi connectivity index (χ3n) is 3.13. The van der Waals surface area contributed by atoms with E-state index in [2.05, 4.69) is 10.4 Å². The Kier molecular flexibility index (Phi) is 4.52. The Balaban J connectivity index is 1.94. The highest BCUT2D eigenvalue weighted by atomic mass is 19.1. The number of aromatic nitrogens is 2. The third kappa shape index (κ3) is 3.56. The van der Waals surface area contributed by atoms with Crippen LogP contribution in [0.15, 0.2) is 24.3 Å². The summed E-state index contributed by atoms with van der Waals surface area (Å²) < 4.78 is 15.3. The molecule has 0 radical (unpaired) electrons. The normalized spacial score (nSPS) is 10.6. The fraction of sp³-hybridized carbons (Fsp3) is 0.357. The van der Waals surface area contributed by atoms with Gasteiger partial charge in [0.25, 0.3) is 0 Å². The summed E-state index contributed by atoms with van der Waals surface area (Å²) in [6.45, 7) is 5.11. The van der Waals surface area contributed by atoms with Gasteiger partial charge in [0, 0.05) is 18.8 Å². The highest BCUT2D eigenvalue weighted by Gasteiger charge is 2.19. The van der Waals surface area contributed by atoms with Crippen LogP contribution in [0.25, 0.3) is 0 Å². The van der Waals surface area contributed by atoms with E-state index >= 15 is 0 Å². The van der Waals surface area contributed by atoms with Crippen molar-refractivity contribution in [2.45, 2.75) is 26.8 Å². The van der Waals surface area contributed by atoms with Crippen LogP contribution in [0.5, 0.6) is 0 Å². The van der Waals surface area contributed by atoms with Crippen molar-refractivity contribution in [1.29, 1.82) is 0 Å². The van der Waals surface area contributed by atoms with Crippen molar-refractivity contribution in [3.8, 4) is 0 Å². The van der Waals surface area contributed by atoms with Gasteiger partial charge in [-0.3, -0.25) is 14.8 Å². The van der Waals surface area contributed by atoms with Gasteiger partial charge in [0.2, 0.25) is 5.82 Å². The van der Waals surface area contributed by atoms with Gasteiger partial charge in [0.05, 0.1) is 10.6 Å². The molecule has 1 aromatic carbocycles. The van der Waals surface area contributed by atoms with E-state index in [4.69, 9.17) is 0 Å². The summed E-state index contributed by atoms with van der Waals surface area (Å²) in [7, 11) is 0. The van der Waals surface area contributed by atoms with Crippen LogP contribution < -0.4 is 5.32 Å². The van der Waals surface area contributed by atoms with Gasteiger partial charge in [-0.15, -0.1) is 0 Å². The van der Waals surface area contributed by atoms with Gasteiger partial charge in [0.1, 0.15) is 5.69 Å². The van der Waals surface area contributed by atoms with E-state index in [0.29, 0.717) is 13.1 Å². The maximum atomic E-state index is 13.4. The predicted molar refractivity (Wildman–Crippen MR) is 77.9 cm³/mol. The minimum atomic E-state index is -0.830. The first-order chi connectivity index (χ1) is 9.99. The molecule has 2 rings (SSSR count). The molecule has 0 bridgehead atoms. The molecule has 0 atom stereocenters. The van der Waals surface area contributed by atoms with E-state index in [0.717, 1.165) is 23.9 Å². The molecule has 0 aliphatic rings. The first kappa shape index (κ1) is 15.0. The topological polar surface area (TPSA) is 73.0 Å². The second-order valence-corrected chi connectivity index (χ2v) is 4.82. The molecule has 0 aliphatic carbocycles. The monoisotopic (exact) mass is 292 g/mol. The molecular weight excluding hydrogens is 275 g/mol. The molecule has 0 unspecified atom stereocenters. The van der Waals surface area contributed by atoms with Crippen molar-refractivity contribution in [2.75, 3.05) is 11.9 Å². The summed E-state index contributed by atoms with van der Waals surface area (Å²) in [5.74, 6) is -0.830. The minimum absolute atomic E-state index is 0.202. The molecule has 1 N–H and O–H groups in total. The van der Waals surface area contributed by atoms with Gasteiger partial charge in [-0.2, -0.15) is 9.49 Å². The first-order valence-electron chi connectivity index (χ1n) is 6.67. The zero-order chi connectivity index (χ0) is 15.4. The highest BCUT2D eigenvalue weighted by molar-refractivity contribution is 5.61. The van der Waals surface area contributed by atoms with Crippen molar-refractivity contribution in [2.24, 2.45) is 0 Å². The number of nitro benzene ring substituents is 1. The molecule has 1 heterocycles. The van der Waals surface area contributed by atoms with Gasteiger partial charge in [-0.25, -0.2) is 0 Å². The molecule has 7 heteroatoms. The van der Waals surface area contributed by atoms with Crippen LogP contribution >= 0.6 is 0 Å². The molecule has 6 nitrogen and oxygen atoms in total. The van der Waals surface area contributed by atoms with Gasteiger partial charge in [-0.05, 0) is 38.5 Å². The molecule has 0 saturated carbocycles. The van der Waals surface area contributed by atoms with Crippen molar-refractivity contribution in [3.63, 3.8) is 0 Å². The van der Waals surface area contributed by atoms with Crippen molar-refractivity contribution >= 4 is 11.4 Å². The molecule has 1 aromatic heterocycles. The van der Waals surface area contributed by atoms with Crippen LogP contribution in [-0.2, 0) is 6.54 Å². The van der Waals surface area contributed by atoms with Crippen molar-refractivity contribution < 1.29 is 9.31 Å². The van der Waals surface area contributed by atoms with Gasteiger partial charge >= 0.3 is 5.69 Å². The summed E-state index contributed by atoms with van der Waals surface area (Å²) >= 11 is 0. The highest BCUT2D eigenvalue weighted by Crippen LogP contribution is 2.26. The Morgan fingerprint density at radius 2 is 2.19 bits per heavy atom. The number of aryl methyl sites for hydroxylation is 3. The lowest BCUT2D eigenvalue weighted by atomic mass is 10.2. The average molecular weight is 292 g/mol. The summed E-state index contributed by atoms with van der Waals surface area (Å²) in [5, 5.41) is 18.1. The zero-order valence-corrected chi connectivity index (χ0v) is 12.0. The number of hydrogen-bond donors (Lipinski definition) is 1. The number of nitrogens with zero attached hydrogens (tertiary/aromatic N) is 3. The smallest absolute Gasteiger partial charge is 0.327 e. The number of hydrogen-bond acceptors (Lipinski definition) is 4. The summed E-state index contributed by atoms with van der Waals surface area (Å²) in [6.07, 6.45) is 0.732. The average Bonchev–Trinajstić information content (AvgIpc) is 2.72. The molecule has 0 aliphatic heterocycles. The Morgan fingerprint density at radius 3 is 2.81 bits per heavy atom. The number of nitro groups is 1. The Bertz CT molecular complexity index is 654. The van der Waals surface area contributed by atoms with Crippen LogP contribution in [0, 0.1) is 29.8 Å². The van der Waals surface area contributed by atoms with E-state index < -0.39 is 16.4 Å². The van der Waals surface area contributed by atoms with Crippen LogP contribution in [0.4, 0.5) is 15.8 Å². The zero-order valence-electron chi connectivity index (χ0n) is 12.0. The quantitative estimate of drug-likeness (QED) is 0.504. The summed E-state index contributed by atoms with van der Waals surface area (Å²) in [4.78, 5) is 10.1. The Labute approximate surface area is 121 Å². The summed E-state index contributed by atoms with van der Waals surface area (Å²) in [5.41, 5.74) is 1.72. The van der Waals surface area contributed by atoms with Crippen molar-refractivity contribution in [1.82, 2.24) is 9.78 Å². The van der Waals surface area contributed by atoms with Gasteiger partial charge in [0.15, 0.2) is 0 Å². The standard InChI is InChI=1S/C14H17FN4O2/c1-10-9-11(2)18(17-10)8-4-7-16-13-6-3-5-12(15)14(13)19(20)21/h3,5-6,9,16H,4,7-8H2,1-2H3. The number of anilines is 1. The maximum Gasteiger partial charge on any atom is 0.327 e. The maximum absolute atomic E-state index is 13.4. The number of benzene rings is 1. The lowest BCUT2D eigenvalue weighted by Crippen LogP contribution is -2.10. The lowest BCUT2D eigenvalue weighted by Gasteiger charge is -2.08. The van der Waals surface area contributed by atoms with Crippen LogP contribution in [0.2, 0.25) is 0 Å². The second-order valence-electron chi connectivity index (χ2n) is 4.82. The SMILES string of the molecule is Cc1cc(C)n(CCCNc2cccc(F)c2[N+](=O)[O-])n1. The molecule has 0 fully saturated rings. The van der Waals surface area contributed by atoms with Gasteiger partial charge < -0.3 is 5.32 Å². The van der Waals surface area contributed by atoms with Crippen LogP contribution in [0.1, 0.15) is 17.8 Å². The molecule has 21 heavy (non-hydrogen) atoms. The molecule has 0 amide bonds. The fourth-order valence-corrected chi connectivity index (χ4v) is 2.20. The van der Waals surface area contributed by atoms with E-state index in [1.54, 1.807) is 0 Å². The van der Waals surface area contributed by atoms with E-state index in [1.807, 2.05) is 24.6 Å². The predicted octanol–water partition coefficient (Wildman–Crippen LogP) is 3.05. The van der Waals surface area contributed by atoms with Crippen LogP contribution in [0.3, 0.4) is 0 Å².